The van der Waals surface area contributed by atoms with Crippen LogP contribution in [-0.2, 0) is 4.74 Å². The summed E-state index contributed by atoms with van der Waals surface area (Å²) >= 11 is 0. The molecule has 4 unspecified atom stereocenters. The van der Waals surface area contributed by atoms with Crippen LogP contribution in [0.1, 0.15) is 144 Å². The number of hydrogen-bond donors (Lipinski definition) is 2. The smallest absolute Gasteiger partial charge is 0.407 e. The second-order valence-electron chi connectivity index (χ2n) is 15.3. The number of carbonyl (C=O) groups is 1. The van der Waals surface area contributed by atoms with Gasteiger partial charge in [-0.25, -0.2) is 4.79 Å². The van der Waals surface area contributed by atoms with Gasteiger partial charge in [-0.1, -0.05) is 91.2 Å². The van der Waals surface area contributed by atoms with Crippen LogP contribution in [0, 0.1) is 46.3 Å². The number of rotatable bonds is 14. The molecule has 0 aromatic carbocycles. The first kappa shape index (κ1) is 31.9. The Balaban J connectivity index is 1.26. The highest BCUT2D eigenvalue weighted by Crippen LogP contribution is 2.67. The van der Waals surface area contributed by atoms with E-state index in [1.54, 1.807) is 5.57 Å². The molecule has 0 saturated heterocycles. The molecule has 1 amide bonds. The van der Waals surface area contributed by atoms with Gasteiger partial charge in [0.15, 0.2) is 0 Å². The van der Waals surface area contributed by atoms with Crippen molar-refractivity contribution in [1.82, 2.24) is 5.32 Å². The maximum atomic E-state index is 12.5. The molecule has 4 aliphatic rings. The number of allylic oxidation sites excluding steroid dienone is 1. The van der Waals surface area contributed by atoms with Crippen molar-refractivity contribution in [3.8, 4) is 0 Å². The topological polar surface area (TPSA) is 58.6 Å². The van der Waals surface area contributed by atoms with Gasteiger partial charge in [-0.2, -0.15) is 0 Å². The fraction of sp³-hybridized carbons (Fsp3) is 0.917. The highest BCUT2D eigenvalue weighted by Gasteiger charge is 2.59. The minimum atomic E-state index is -0.226. The van der Waals surface area contributed by atoms with Crippen LogP contribution in [0.15, 0.2) is 11.6 Å². The van der Waals surface area contributed by atoms with Crippen LogP contribution in [0.5, 0.6) is 0 Å². The van der Waals surface area contributed by atoms with Gasteiger partial charge < -0.3 is 15.2 Å². The molecule has 4 nitrogen and oxygen atoms in total. The van der Waals surface area contributed by atoms with Crippen LogP contribution < -0.4 is 5.32 Å². The maximum absolute atomic E-state index is 12.5. The summed E-state index contributed by atoms with van der Waals surface area (Å²) in [5, 5.41) is 11.9. The third kappa shape index (κ3) is 7.30. The molecule has 0 aliphatic heterocycles. The van der Waals surface area contributed by atoms with Crippen LogP contribution in [0.25, 0.3) is 0 Å². The number of carbonyl (C=O) groups excluding carboxylic acids is 1. The molecule has 0 aromatic heterocycles. The Morgan fingerprint density at radius 1 is 0.950 bits per heavy atom. The summed E-state index contributed by atoms with van der Waals surface area (Å²) in [6.45, 7) is 13.6. The summed E-state index contributed by atoms with van der Waals surface area (Å²) in [5.74, 6) is 5.17. The van der Waals surface area contributed by atoms with Crippen molar-refractivity contribution in [2.24, 2.45) is 46.3 Å². The van der Waals surface area contributed by atoms with Crippen LogP contribution in [0.2, 0.25) is 0 Å². The summed E-state index contributed by atoms with van der Waals surface area (Å²) < 4.78 is 5.94. The molecule has 0 radical (unpaired) electrons. The third-order valence-electron chi connectivity index (χ3n) is 12.4. The molecule has 0 aromatic rings. The van der Waals surface area contributed by atoms with Crippen molar-refractivity contribution in [3.63, 3.8) is 0 Å². The van der Waals surface area contributed by atoms with Crippen molar-refractivity contribution in [3.05, 3.63) is 11.6 Å². The Labute approximate surface area is 246 Å². The number of nitrogens with one attached hydrogen (secondary N) is 1. The molecule has 0 bridgehead atoms. The highest BCUT2D eigenvalue weighted by molar-refractivity contribution is 5.67. The van der Waals surface area contributed by atoms with Gasteiger partial charge in [-0.05, 0) is 104 Å². The monoisotopic (exact) mass is 557 g/mol. The van der Waals surface area contributed by atoms with Gasteiger partial charge >= 0.3 is 6.09 Å². The lowest BCUT2D eigenvalue weighted by Gasteiger charge is -2.58. The second-order valence-corrected chi connectivity index (χ2v) is 15.3. The van der Waals surface area contributed by atoms with Gasteiger partial charge in [0.1, 0.15) is 6.10 Å². The van der Waals surface area contributed by atoms with E-state index in [2.05, 4.69) is 46.0 Å². The molecule has 0 heterocycles. The van der Waals surface area contributed by atoms with Crippen molar-refractivity contribution in [2.45, 2.75) is 150 Å². The van der Waals surface area contributed by atoms with Gasteiger partial charge in [0.2, 0.25) is 0 Å². The first-order valence-electron chi connectivity index (χ1n) is 17.4. The number of amides is 1. The lowest BCUT2D eigenvalue weighted by Crippen LogP contribution is -2.51. The van der Waals surface area contributed by atoms with Crippen LogP contribution >= 0.6 is 0 Å². The number of hydrogen-bond acceptors (Lipinski definition) is 3. The number of fused-ring (bicyclic) bond motifs is 5. The molecule has 40 heavy (non-hydrogen) atoms. The molecule has 2 N–H and O–H groups in total. The standard InChI is InChI=1S/C36H63NO3/c1-26(2)13-12-14-27(3)31-17-18-32-30-16-15-28-25-29(19-21-35(28,4)33(30)20-22-36(31,32)5)40-34(39)37-23-10-8-6-7-9-11-24-38/h15,26-27,29-33,38H,6-14,16-25H2,1-5H3,(H,37,39)/t27-,29?,30?,31-,32?,33?,35+,36-/m1/s1. The summed E-state index contributed by atoms with van der Waals surface area (Å²) in [6, 6.07) is 0. The molecular formula is C36H63NO3. The quantitative estimate of drug-likeness (QED) is 0.165. The van der Waals surface area contributed by atoms with Crippen LogP contribution in [0.3, 0.4) is 0 Å². The zero-order chi connectivity index (χ0) is 28.8. The molecule has 4 rings (SSSR count). The molecule has 230 valence electrons. The van der Waals surface area contributed by atoms with E-state index < -0.39 is 0 Å². The number of aliphatic hydroxyl groups is 1. The summed E-state index contributed by atoms with van der Waals surface area (Å²) in [4.78, 5) is 12.5. The second kappa shape index (κ2) is 14.4. The van der Waals surface area contributed by atoms with Crippen molar-refractivity contribution >= 4 is 6.09 Å². The zero-order valence-corrected chi connectivity index (χ0v) is 26.8. The number of ether oxygens (including phenoxy) is 1. The zero-order valence-electron chi connectivity index (χ0n) is 26.8. The third-order valence-corrected chi connectivity index (χ3v) is 12.4. The predicted octanol–water partition coefficient (Wildman–Crippen LogP) is 9.46. The first-order valence-corrected chi connectivity index (χ1v) is 17.4. The van der Waals surface area contributed by atoms with E-state index in [9.17, 15) is 4.79 Å². The normalized spacial score (nSPS) is 35.9. The van der Waals surface area contributed by atoms with Crippen molar-refractivity contribution in [1.29, 1.82) is 0 Å². The summed E-state index contributed by atoms with van der Waals surface area (Å²) in [5.41, 5.74) is 2.44. The van der Waals surface area contributed by atoms with E-state index in [4.69, 9.17) is 9.84 Å². The van der Waals surface area contributed by atoms with Gasteiger partial charge in [-0.3, -0.25) is 0 Å². The number of unbranched alkanes of at least 4 members (excludes halogenated alkanes) is 5. The van der Waals surface area contributed by atoms with E-state index in [0.29, 0.717) is 24.0 Å². The Hall–Kier alpha value is -1.03. The SMILES string of the molecule is CC(C)CCC[C@@H](C)[C@H]1CCC2C3CC=C4CC(OC(=O)NCCCCCCCCO)CC[C@]4(C)C3CC[C@@]21C. The molecule has 3 saturated carbocycles. The van der Waals surface area contributed by atoms with Gasteiger partial charge in [0, 0.05) is 19.6 Å². The number of aliphatic hydroxyl groups excluding tert-OH is 1. The number of alkyl carbamates (subject to hydrolysis) is 1. The molecule has 0 spiro atoms. The lowest BCUT2D eigenvalue weighted by atomic mass is 9.47. The minimum Gasteiger partial charge on any atom is -0.446 e. The summed E-state index contributed by atoms with van der Waals surface area (Å²) in [7, 11) is 0. The molecule has 4 aliphatic carbocycles. The first-order chi connectivity index (χ1) is 19.2. The molecule has 8 atom stereocenters. The van der Waals surface area contributed by atoms with Gasteiger partial charge in [-0.15, -0.1) is 0 Å². The predicted molar refractivity (Wildman–Crippen MR) is 166 cm³/mol. The van der Waals surface area contributed by atoms with Gasteiger partial charge in [0.25, 0.3) is 0 Å². The molecular weight excluding hydrogens is 494 g/mol. The minimum absolute atomic E-state index is 0.0331. The largest absolute Gasteiger partial charge is 0.446 e. The Morgan fingerprint density at radius 3 is 2.45 bits per heavy atom. The molecule has 3 fully saturated rings. The Morgan fingerprint density at radius 2 is 1.70 bits per heavy atom. The summed E-state index contributed by atoms with van der Waals surface area (Å²) in [6.07, 6.45) is 23.2. The van der Waals surface area contributed by atoms with E-state index in [-0.39, 0.29) is 12.2 Å². The highest BCUT2D eigenvalue weighted by atomic mass is 16.6. The maximum Gasteiger partial charge on any atom is 0.407 e. The fourth-order valence-electron chi connectivity index (χ4n) is 10.1. The Kier molecular flexibility index (Phi) is 11.5. The van der Waals surface area contributed by atoms with Crippen LogP contribution in [0.4, 0.5) is 4.79 Å². The Bertz CT molecular complexity index is 838. The average molecular weight is 558 g/mol. The van der Waals surface area contributed by atoms with Gasteiger partial charge in [0.05, 0.1) is 0 Å². The van der Waals surface area contributed by atoms with Crippen molar-refractivity contribution in [2.75, 3.05) is 13.2 Å². The van der Waals surface area contributed by atoms with E-state index in [1.165, 1.54) is 70.6 Å². The average Bonchev–Trinajstić information content (AvgIpc) is 3.27. The van der Waals surface area contributed by atoms with E-state index in [0.717, 1.165) is 74.0 Å². The van der Waals surface area contributed by atoms with E-state index >= 15 is 0 Å². The fourth-order valence-corrected chi connectivity index (χ4v) is 10.1. The van der Waals surface area contributed by atoms with E-state index in [1.807, 2.05) is 0 Å². The van der Waals surface area contributed by atoms with Crippen LogP contribution in [-0.4, -0.2) is 30.5 Å². The van der Waals surface area contributed by atoms with Crippen molar-refractivity contribution < 1.29 is 14.6 Å². The lowest BCUT2D eigenvalue weighted by molar-refractivity contribution is -0.0581. The molecule has 4 heteroatoms.